The number of carbonyl (C=O) groups excluding carboxylic acids is 4. The summed E-state index contributed by atoms with van der Waals surface area (Å²) in [4.78, 5) is 49.4. The molecule has 0 N–H and O–H groups in total. The molecule has 0 aliphatic carbocycles. The number of imide groups is 2. The van der Waals surface area contributed by atoms with Crippen LogP contribution in [-0.2, 0) is 19.2 Å². The number of rotatable bonds is 3. The van der Waals surface area contributed by atoms with Gasteiger partial charge in [0.1, 0.15) is 0 Å². The minimum Gasteiger partial charge on any atom is -0.282 e. The summed E-state index contributed by atoms with van der Waals surface area (Å²) >= 11 is 0. The van der Waals surface area contributed by atoms with Gasteiger partial charge >= 0.3 is 0 Å². The number of hydrogen-bond acceptors (Lipinski definition) is 4. The molecule has 0 radical (unpaired) electrons. The predicted octanol–water partition coefficient (Wildman–Crippen LogP) is 1.01. The minimum atomic E-state index is -0.377. The summed E-state index contributed by atoms with van der Waals surface area (Å²) in [5, 5.41) is 0. The standard InChI is InChI=1S/C15H20N2O4/c18-12-6-1-3-10-16(12)14(20)8-5-9-15(21)17-11-4-2-7-13(17)19/h5,8H,1-4,6-7,9-11H2. The third kappa shape index (κ3) is 4.00. The van der Waals surface area contributed by atoms with E-state index in [1.165, 1.54) is 22.0 Å². The van der Waals surface area contributed by atoms with Gasteiger partial charge in [-0.05, 0) is 25.7 Å². The second-order valence-electron chi connectivity index (χ2n) is 5.34. The summed E-state index contributed by atoms with van der Waals surface area (Å²) in [6.07, 6.45) is 6.84. The van der Waals surface area contributed by atoms with Crippen molar-refractivity contribution in [3.63, 3.8) is 0 Å². The largest absolute Gasteiger partial charge is 0.282 e. The van der Waals surface area contributed by atoms with Crippen molar-refractivity contribution in [2.75, 3.05) is 13.1 Å². The van der Waals surface area contributed by atoms with Crippen LogP contribution in [0.1, 0.15) is 44.9 Å². The highest BCUT2D eigenvalue weighted by Gasteiger charge is 2.24. The monoisotopic (exact) mass is 292 g/mol. The lowest BCUT2D eigenvalue weighted by molar-refractivity contribution is -0.146. The van der Waals surface area contributed by atoms with Gasteiger partial charge in [0.2, 0.25) is 17.7 Å². The normalized spacial score (nSPS) is 20.2. The van der Waals surface area contributed by atoms with Gasteiger partial charge in [-0.25, -0.2) is 0 Å². The Bertz CT molecular complexity index is 484. The molecule has 6 nitrogen and oxygen atoms in total. The fraction of sp³-hybridized carbons (Fsp3) is 0.600. The summed E-state index contributed by atoms with van der Waals surface area (Å²) in [5.74, 6) is -0.961. The molecule has 21 heavy (non-hydrogen) atoms. The maximum absolute atomic E-state index is 11.9. The molecule has 2 saturated heterocycles. The van der Waals surface area contributed by atoms with E-state index in [0.717, 1.165) is 25.7 Å². The second kappa shape index (κ2) is 7.15. The van der Waals surface area contributed by atoms with Crippen molar-refractivity contribution in [1.29, 1.82) is 0 Å². The Morgan fingerprint density at radius 3 is 2.05 bits per heavy atom. The third-order valence-electron chi connectivity index (χ3n) is 3.77. The van der Waals surface area contributed by atoms with Gasteiger partial charge in [-0.3, -0.25) is 29.0 Å². The summed E-state index contributed by atoms with van der Waals surface area (Å²) in [6, 6.07) is 0. The molecular formula is C15H20N2O4. The van der Waals surface area contributed by atoms with Crippen LogP contribution in [-0.4, -0.2) is 46.5 Å². The highest BCUT2D eigenvalue weighted by atomic mass is 16.2. The number of likely N-dealkylation sites (tertiary alicyclic amines) is 2. The van der Waals surface area contributed by atoms with E-state index in [2.05, 4.69) is 0 Å². The molecule has 0 aromatic carbocycles. The van der Waals surface area contributed by atoms with Crippen molar-refractivity contribution in [3.8, 4) is 0 Å². The molecule has 2 fully saturated rings. The van der Waals surface area contributed by atoms with E-state index in [4.69, 9.17) is 0 Å². The average molecular weight is 292 g/mol. The van der Waals surface area contributed by atoms with Crippen molar-refractivity contribution in [1.82, 2.24) is 9.80 Å². The second-order valence-corrected chi connectivity index (χ2v) is 5.34. The van der Waals surface area contributed by atoms with Crippen LogP contribution < -0.4 is 0 Å². The smallest absolute Gasteiger partial charge is 0.252 e. The molecule has 0 unspecified atom stereocenters. The molecule has 0 aromatic heterocycles. The predicted molar refractivity (Wildman–Crippen MR) is 74.9 cm³/mol. The first-order chi connectivity index (χ1) is 10.1. The van der Waals surface area contributed by atoms with Crippen molar-refractivity contribution >= 4 is 23.6 Å². The lowest BCUT2D eigenvalue weighted by atomic mass is 10.1. The number of piperidine rings is 2. The summed E-state index contributed by atoms with van der Waals surface area (Å²) in [7, 11) is 0. The van der Waals surface area contributed by atoms with Gasteiger partial charge in [0.25, 0.3) is 5.91 Å². The maximum Gasteiger partial charge on any atom is 0.252 e. The van der Waals surface area contributed by atoms with Gasteiger partial charge in [-0.2, -0.15) is 0 Å². The quantitative estimate of drug-likeness (QED) is 0.728. The highest BCUT2D eigenvalue weighted by molar-refractivity contribution is 6.02. The Morgan fingerprint density at radius 1 is 0.905 bits per heavy atom. The van der Waals surface area contributed by atoms with Crippen LogP contribution in [0, 0.1) is 0 Å². The first-order valence-electron chi connectivity index (χ1n) is 7.43. The molecule has 6 heteroatoms. The Morgan fingerprint density at radius 2 is 1.48 bits per heavy atom. The lowest BCUT2D eigenvalue weighted by Gasteiger charge is -2.24. The van der Waals surface area contributed by atoms with E-state index in [9.17, 15) is 19.2 Å². The van der Waals surface area contributed by atoms with Crippen LogP contribution >= 0.6 is 0 Å². The van der Waals surface area contributed by atoms with Gasteiger partial charge in [0.15, 0.2) is 0 Å². The lowest BCUT2D eigenvalue weighted by Crippen LogP contribution is -2.40. The fourth-order valence-corrected chi connectivity index (χ4v) is 2.57. The fourth-order valence-electron chi connectivity index (χ4n) is 2.57. The zero-order valence-corrected chi connectivity index (χ0v) is 12.0. The summed E-state index contributed by atoms with van der Waals surface area (Å²) in [5.41, 5.74) is 0. The molecule has 0 atom stereocenters. The number of carbonyl (C=O) groups is 4. The van der Waals surface area contributed by atoms with Gasteiger partial charge in [0.05, 0.1) is 0 Å². The van der Waals surface area contributed by atoms with E-state index >= 15 is 0 Å². The van der Waals surface area contributed by atoms with E-state index < -0.39 is 0 Å². The minimum absolute atomic E-state index is 0.0134. The first kappa shape index (κ1) is 15.4. The van der Waals surface area contributed by atoms with Gasteiger partial charge in [-0.15, -0.1) is 0 Å². The zero-order valence-electron chi connectivity index (χ0n) is 12.0. The molecule has 2 aliphatic heterocycles. The van der Waals surface area contributed by atoms with Crippen LogP contribution in [0.5, 0.6) is 0 Å². The van der Waals surface area contributed by atoms with Crippen LogP contribution in [0.2, 0.25) is 0 Å². The van der Waals surface area contributed by atoms with Crippen molar-refractivity contribution in [2.45, 2.75) is 44.9 Å². The highest BCUT2D eigenvalue weighted by Crippen LogP contribution is 2.13. The molecule has 0 saturated carbocycles. The van der Waals surface area contributed by atoms with Crippen molar-refractivity contribution < 1.29 is 19.2 Å². The van der Waals surface area contributed by atoms with Crippen molar-refractivity contribution in [2.24, 2.45) is 0 Å². The Hall–Kier alpha value is -1.98. The van der Waals surface area contributed by atoms with Gasteiger partial charge in [0, 0.05) is 38.4 Å². The van der Waals surface area contributed by atoms with E-state index in [1.807, 2.05) is 0 Å². The average Bonchev–Trinajstić information content (AvgIpc) is 2.48. The maximum atomic E-state index is 11.9. The number of hydrogen-bond donors (Lipinski definition) is 0. The molecular weight excluding hydrogens is 272 g/mol. The topological polar surface area (TPSA) is 74.8 Å². The molecule has 0 bridgehead atoms. The van der Waals surface area contributed by atoms with Gasteiger partial charge < -0.3 is 0 Å². The SMILES string of the molecule is O=C(C=CCC(=O)N1CCCCC1=O)N1CCCCC1=O. The Kier molecular flexibility index (Phi) is 5.25. The molecule has 2 heterocycles. The summed E-state index contributed by atoms with van der Waals surface area (Å²) < 4.78 is 0. The van der Waals surface area contributed by atoms with Crippen LogP contribution in [0.15, 0.2) is 12.2 Å². The molecule has 114 valence electrons. The van der Waals surface area contributed by atoms with Crippen molar-refractivity contribution in [3.05, 3.63) is 12.2 Å². The number of nitrogens with zero attached hydrogens (tertiary/aromatic N) is 2. The molecule has 0 spiro atoms. The van der Waals surface area contributed by atoms with E-state index in [-0.39, 0.29) is 30.0 Å². The van der Waals surface area contributed by atoms with Gasteiger partial charge in [-0.1, -0.05) is 6.08 Å². The molecule has 2 aliphatic rings. The molecule has 4 amide bonds. The third-order valence-corrected chi connectivity index (χ3v) is 3.77. The van der Waals surface area contributed by atoms with Crippen LogP contribution in [0.4, 0.5) is 0 Å². The molecule has 0 aromatic rings. The zero-order chi connectivity index (χ0) is 15.2. The Labute approximate surface area is 123 Å². The van der Waals surface area contributed by atoms with Crippen LogP contribution in [0.25, 0.3) is 0 Å². The summed E-state index contributed by atoms with van der Waals surface area (Å²) in [6.45, 7) is 0.907. The van der Waals surface area contributed by atoms with E-state index in [1.54, 1.807) is 0 Å². The number of amides is 4. The Balaban J connectivity index is 1.83. The molecule has 2 rings (SSSR count). The van der Waals surface area contributed by atoms with E-state index in [0.29, 0.717) is 25.9 Å². The van der Waals surface area contributed by atoms with Crippen LogP contribution in [0.3, 0.4) is 0 Å². The first-order valence-corrected chi connectivity index (χ1v) is 7.43.